The molecule has 1 rings (SSSR count). The Morgan fingerprint density at radius 3 is 2.76 bits per heavy atom. The number of amides is 3. The highest BCUT2D eigenvalue weighted by Crippen LogP contribution is 2.16. The van der Waals surface area contributed by atoms with E-state index >= 15 is 0 Å². The van der Waals surface area contributed by atoms with Crippen LogP contribution in [0.25, 0.3) is 0 Å². The lowest BCUT2D eigenvalue weighted by molar-refractivity contribution is -0.114. The largest absolute Gasteiger partial charge is 0.481 e. The summed E-state index contributed by atoms with van der Waals surface area (Å²) in [6, 6.07) is 6.81. The number of hydrogen-bond acceptors (Lipinski definition) is 3. The molecule has 0 radical (unpaired) electrons. The predicted molar refractivity (Wildman–Crippen MR) is 81.1 cm³/mol. The van der Waals surface area contributed by atoms with Crippen molar-refractivity contribution in [1.82, 2.24) is 10.6 Å². The second-order valence-electron chi connectivity index (χ2n) is 4.06. The number of rotatable bonds is 5. The van der Waals surface area contributed by atoms with Crippen molar-refractivity contribution >= 4 is 17.6 Å². The molecular formula is C15H19N3O3. The fourth-order valence-electron chi connectivity index (χ4n) is 1.45. The van der Waals surface area contributed by atoms with Crippen LogP contribution in [0.3, 0.4) is 0 Å². The maximum atomic E-state index is 11.1. The van der Waals surface area contributed by atoms with Crippen molar-refractivity contribution in [2.75, 3.05) is 25.0 Å². The molecule has 6 heteroatoms. The molecule has 0 saturated carbocycles. The molecular weight excluding hydrogens is 270 g/mol. The molecule has 1 aromatic carbocycles. The summed E-state index contributed by atoms with van der Waals surface area (Å²) in [5.74, 6) is 6.05. The molecule has 0 fully saturated rings. The van der Waals surface area contributed by atoms with Crippen LogP contribution in [0.2, 0.25) is 0 Å². The van der Waals surface area contributed by atoms with Crippen molar-refractivity contribution in [3.8, 4) is 17.6 Å². The van der Waals surface area contributed by atoms with Crippen LogP contribution < -0.4 is 20.7 Å². The molecule has 0 aromatic heterocycles. The number of nitrogens with one attached hydrogen (secondary N) is 3. The first-order chi connectivity index (χ1) is 10.1. The Balaban J connectivity index is 2.32. The van der Waals surface area contributed by atoms with Gasteiger partial charge in [0.15, 0.2) is 0 Å². The Hall–Kier alpha value is -2.68. The number of hydrogen-bond donors (Lipinski definition) is 3. The van der Waals surface area contributed by atoms with Crippen LogP contribution in [0.4, 0.5) is 10.5 Å². The van der Waals surface area contributed by atoms with Gasteiger partial charge in [0.1, 0.15) is 12.4 Å². The third-order valence-electron chi connectivity index (χ3n) is 2.27. The van der Waals surface area contributed by atoms with Gasteiger partial charge >= 0.3 is 6.03 Å². The molecule has 0 heterocycles. The molecule has 1 aromatic rings. The zero-order valence-electron chi connectivity index (χ0n) is 12.2. The number of urea groups is 1. The molecule has 0 aliphatic carbocycles. The highest BCUT2D eigenvalue weighted by molar-refractivity contribution is 5.88. The number of ether oxygens (including phenoxy) is 1. The molecule has 0 unspecified atom stereocenters. The van der Waals surface area contributed by atoms with E-state index in [9.17, 15) is 9.59 Å². The lowest BCUT2D eigenvalue weighted by atomic mass is 10.3. The van der Waals surface area contributed by atoms with Crippen LogP contribution in [0.5, 0.6) is 5.75 Å². The van der Waals surface area contributed by atoms with Crippen molar-refractivity contribution in [3.63, 3.8) is 0 Å². The molecule has 6 nitrogen and oxygen atoms in total. The van der Waals surface area contributed by atoms with E-state index < -0.39 is 0 Å². The van der Waals surface area contributed by atoms with E-state index in [-0.39, 0.29) is 25.1 Å². The van der Waals surface area contributed by atoms with E-state index in [1.54, 1.807) is 24.3 Å². The van der Waals surface area contributed by atoms with Gasteiger partial charge in [-0.25, -0.2) is 4.79 Å². The molecule has 0 aliphatic heterocycles. The molecule has 3 amide bonds. The third kappa shape index (κ3) is 7.47. The van der Waals surface area contributed by atoms with Gasteiger partial charge in [-0.05, 0) is 19.1 Å². The molecule has 0 saturated heterocycles. The molecule has 0 aliphatic rings. The van der Waals surface area contributed by atoms with Crippen molar-refractivity contribution in [2.45, 2.75) is 13.8 Å². The van der Waals surface area contributed by atoms with Crippen molar-refractivity contribution < 1.29 is 14.3 Å². The summed E-state index contributed by atoms with van der Waals surface area (Å²) in [6.45, 7) is 4.34. The lowest BCUT2D eigenvalue weighted by Gasteiger charge is -2.05. The maximum Gasteiger partial charge on any atom is 0.315 e. The molecule has 3 N–H and O–H groups in total. The van der Waals surface area contributed by atoms with E-state index in [4.69, 9.17) is 4.74 Å². The first-order valence-electron chi connectivity index (χ1n) is 6.59. The van der Waals surface area contributed by atoms with Gasteiger partial charge in [-0.3, -0.25) is 4.79 Å². The van der Waals surface area contributed by atoms with Crippen molar-refractivity contribution in [1.29, 1.82) is 0 Å². The van der Waals surface area contributed by atoms with E-state index in [1.165, 1.54) is 6.92 Å². The summed E-state index contributed by atoms with van der Waals surface area (Å²) >= 11 is 0. The fraction of sp³-hybridized carbons (Fsp3) is 0.333. The molecule has 0 bridgehead atoms. The van der Waals surface area contributed by atoms with Crippen LogP contribution in [0, 0.1) is 11.8 Å². The highest BCUT2D eigenvalue weighted by Gasteiger charge is 1.97. The predicted octanol–water partition coefficient (Wildman–Crippen LogP) is 1.35. The third-order valence-corrected chi connectivity index (χ3v) is 2.27. The van der Waals surface area contributed by atoms with E-state index in [1.807, 2.05) is 6.92 Å². The van der Waals surface area contributed by atoms with Crippen molar-refractivity contribution in [2.24, 2.45) is 0 Å². The molecule has 21 heavy (non-hydrogen) atoms. The smallest absolute Gasteiger partial charge is 0.315 e. The van der Waals surface area contributed by atoms with E-state index in [2.05, 4.69) is 27.8 Å². The summed E-state index contributed by atoms with van der Waals surface area (Å²) in [5.41, 5.74) is 0.672. The summed E-state index contributed by atoms with van der Waals surface area (Å²) in [7, 11) is 0. The Bertz CT molecular complexity index is 547. The van der Waals surface area contributed by atoms with E-state index in [0.717, 1.165) is 0 Å². The highest BCUT2D eigenvalue weighted by atomic mass is 16.5. The first kappa shape index (κ1) is 16.4. The quantitative estimate of drug-likeness (QED) is 0.716. The number of carbonyl (C=O) groups excluding carboxylic acids is 2. The van der Waals surface area contributed by atoms with Gasteiger partial charge < -0.3 is 20.7 Å². The van der Waals surface area contributed by atoms with Crippen LogP contribution in [-0.2, 0) is 4.79 Å². The monoisotopic (exact) mass is 289 g/mol. The summed E-state index contributed by atoms with van der Waals surface area (Å²) in [4.78, 5) is 22.0. The SMILES string of the molecule is CCNC(=O)NCC#CCOc1cccc(NC(C)=O)c1. The minimum atomic E-state index is -0.240. The Morgan fingerprint density at radius 2 is 2.05 bits per heavy atom. The Labute approximate surface area is 124 Å². The standard InChI is InChI=1S/C15H19N3O3/c1-3-16-15(20)17-9-4-5-10-21-14-8-6-7-13(11-14)18-12(2)19/h6-8,11H,3,9-10H2,1-2H3,(H,18,19)(H2,16,17,20). The normalized spacial score (nSPS) is 9.05. The maximum absolute atomic E-state index is 11.1. The van der Waals surface area contributed by atoms with Gasteiger partial charge in [-0.15, -0.1) is 0 Å². The van der Waals surface area contributed by atoms with E-state index in [0.29, 0.717) is 18.0 Å². The zero-order chi connectivity index (χ0) is 15.5. The molecule has 0 atom stereocenters. The second-order valence-corrected chi connectivity index (χ2v) is 4.06. The van der Waals surface area contributed by atoms with Gasteiger partial charge in [0.25, 0.3) is 0 Å². The van der Waals surface area contributed by atoms with Gasteiger partial charge in [0.2, 0.25) is 5.91 Å². The van der Waals surface area contributed by atoms with Crippen LogP contribution in [0.1, 0.15) is 13.8 Å². The zero-order valence-corrected chi connectivity index (χ0v) is 12.2. The summed E-state index contributed by atoms with van der Waals surface area (Å²) in [6.07, 6.45) is 0. The minimum Gasteiger partial charge on any atom is -0.481 e. The van der Waals surface area contributed by atoms with Gasteiger partial charge in [-0.2, -0.15) is 0 Å². The fourth-order valence-corrected chi connectivity index (χ4v) is 1.45. The lowest BCUT2D eigenvalue weighted by Crippen LogP contribution is -2.35. The van der Waals surface area contributed by atoms with Crippen molar-refractivity contribution in [3.05, 3.63) is 24.3 Å². The molecule has 112 valence electrons. The van der Waals surface area contributed by atoms with Gasteiger partial charge in [0.05, 0.1) is 6.54 Å². The average molecular weight is 289 g/mol. The van der Waals surface area contributed by atoms with Crippen LogP contribution in [0.15, 0.2) is 24.3 Å². The Kier molecular flexibility index (Phi) is 7.22. The number of carbonyl (C=O) groups is 2. The first-order valence-corrected chi connectivity index (χ1v) is 6.59. The second kappa shape index (κ2) is 9.26. The number of anilines is 1. The minimum absolute atomic E-state index is 0.136. The number of benzene rings is 1. The van der Waals surface area contributed by atoms with Crippen LogP contribution >= 0.6 is 0 Å². The van der Waals surface area contributed by atoms with Gasteiger partial charge in [-0.1, -0.05) is 17.9 Å². The molecule has 0 spiro atoms. The van der Waals surface area contributed by atoms with Gasteiger partial charge in [0, 0.05) is 25.2 Å². The summed E-state index contributed by atoms with van der Waals surface area (Å²) < 4.78 is 5.43. The average Bonchev–Trinajstić information content (AvgIpc) is 2.42. The topological polar surface area (TPSA) is 79.5 Å². The van der Waals surface area contributed by atoms with Crippen LogP contribution in [-0.4, -0.2) is 31.6 Å². The Morgan fingerprint density at radius 1 is 1.24 bits per heavy atom. The summed E-state index contributed by atoms with van der Waals surface area (Å²) in [5, 5.41) is 7.86.